The predicted octanol–water partition coefficient (Wildman–Crippen LogP) is 2.36. The molecule has 1 saturated heterocycles. The molecule has 1 aromatic rings. The summed E-state index contributed by atoms with van der Waals surface area (Å²) >= 11 is 0. The molecule has 4 heteroatoms. The van der Waals surface area contributed by atoms with E-state index in [1.165, 1.54) is 6.42 Å². The molecule has 1 amide bonds. The van der Waals surface area contributed by atoms with Crippen LogP contribution in [0.3, 0.4) is 0 Å². The van der Waals surface area contributed by atoms with Crippen LogP contribution in [-0.2, 0) is 0 Å². The molecule has 2 rings (SSSR count). The smallest absolute Gasteiger partial charge is 0.324 e. The van der Waals surface area contributed by atoms with E-state index < -0.39 is 0 Å². The Balaban J connectivity index is 2.03. The first kappa shape index (κ1) is 11.2. The second-order valence-electron chi connectivity index (χ2n) is 5.26. The minimum absolute atomic E-state index is 0.0511. The number of hydrogen-bond donors (Lipinski definition) is 0. The van der Waals surface area contributed by atoms with E-state index >= 15 is 0 Å². The van der Waals surface area contributed by atoms with Crippen LogP contribution in [0.2, 0.25) is 0 Å². The molecule has 0 N–H and O–H groups in total. The Labute approximate surface area is 96.3 Å². The van der Waals surface area contributed by atoms with E-state index in [-0.39, 0.29) is 6.03 Å². The fraction of sp³-hybridized carbons (Fsp3) is 0.667. The average molecular weight is 221 g/mol. The molecule has 4 nitrogen and oxygen atoms in total. The molecule has 1 fully saturated rings. The molecule has 0 aromatic carbocycles. The van der Waals surface area contributed by atoms with Gasteiger partial charge >= 0.3 is 6.03 Å². The normalized spacial score (nSPS) is 20.5. The molecule has 0 radical (unpaired) electrons. The second-order valence-corrected chi connectivity index (χ2v) is 5.26. The van der Waals surface area contributed by atoms with Crippen molar-refractivity contribution in [1.82, 2.24) is 14.5 Å². The van der Waals surface area contributed by atoms with E-state index in [2.05, 4.69) is 18.8 Å². The fourth-order valence-corrected chi connectivity index (χ4v) is 2.15. The largest absolute Gasteiger partial charge is 0.329 e. The van der Waals surface area contributed by atoms with Crippen molar-refractivity contribution < 1.29 is 4.79 Å². The Hall–Kier alpha value is -1.32. The number of nitrogens with zero attached hydrogens (tertiary/aromatic N) is 3. The van der Waals surface area contributed by atoms with Gasteiger partial charge in [0.05, 0.1) is 0 Å². The Bertz CT molecular complexity index is 356. The van der Waals surface area contributed by atoms with Crippen LogP contribution in [0.5, 0.6) is 0 Å². The van der Waals surface area contributed by atoms with Gasteiger partial charge in [0.15, 0.2) is 0 Å². The Morgan fingerprint density at radius 3 is 2.81 bits per heavy atom. The topological polar surface area (TPSA) is 38.1 Å². The van der Waals surface area contributed by atoms with Crippen molar-refractivity contribution in [3.05, 3.63) is 18.7 Å². The van der Waals surface area contributed by atoms with E-state index in [0.29, 0.717) is 5.41 Å². The lowest BCUT2D eigenvalue weighted by Crippen LogP contribution is -2.35. The van der Waals surface area contributed by atoms with E-state index in [9.17, 15) is 4.79 Å². The quantitative estimate of drug-likeness (QED) is 0.674. The van der Waals surface area contributed by atoms with Gasteiger partial charge in [0.2, 0.25) is 0 Å². The fourth-order valence-electron chi connectivity index (χ4n) is 2.15. The molecule has 1 aliphatic heterocycles. The molecule has 0 aliphatic carbocycles. The summed E-state index contributed by atoms with van der Waals surface area (Å²) in [5.74, 6) is 0. The summed E-state index contributed by atoms with van der Waals surface area (Å²) < 4.78 is 1.55. The van der Waals surface area contributed by atoms with Crippen LogP contribution in [0.25, 0.3) is 0 Å². The number of likely N-dealkylation sites (tertiary alicyclic amines) is 1. The first-order valence-electron chi connectivity index (χ1n) is 5.86. The van der Waals surface area contributed by atoms with Crippen LogP contribution in [0.15, 0.2) is 18.7 Å². The number of imidazole rings is 1. The van der Waals surface area contributed by atoms with Gasteiger partial charge in [-0.25, -0.2) is 9.78 Å². The number of aromatic nitrogens is 2. The average Bonchev–Trinajstić information content (AvgIpc) is 2.69. The highest BCUT2D eigenvalue weighted by atomic mass is 16.2. The minimum atomic E-state index is 0.0511. The predicted molar refractivity (Wildman–Crippen MR) is 62.2 cm³/mol. The maximum absolute atomic E-state index is 12.1. The Morgan fingerprint density at radius 1 is 1.31 bits per heavy atom. The van der Waals surface area contributed by atoms with Gasteiger partial charge in [0.1, 0.15) is 6.33 Å². The van der Waals surface area contributed by atoms with Crippen molar-refractivity contribution in [2.45, 2.75) is 33.1 Å². The number of amides is 1. The SMILES string of the molecule is CC1(C)CCCN(C(=O)n2ccnc2)CC1. The van der Waals surface area contributed by atoms with Crippen molar-refractivity contribution in [3.63, 3.8) is 0 Å². The Kier molecular flexibility index (Phi) is 2.99. The minimum Gasteiger partial charge on any atom is -0.324 e. The number of carbonyl (C=O) groups excluding carboxylic acids is 1. The van der Waals surface area contributed by atoms with Crippen LogP contribution >= 0.6 is 0 Å². The summed E-state index contributed by atoms with van der Waals surface area (Å²) in [4.78, 5) is 17.9. The number of carbonyl (C=O) groups is 1. The first-order chi connectivity index (χ1) is 7.58. The zero-order chi connectivity index (χ0) is 11.6. The van der Waals surface area contributed by atoms with Gasteiger partial charge in [-0.2, -0.15) is 0 Å². The number of rotatable bonds is 0. The molecule has 0 spiro atoms. The lowest BCUT2D eigenvalue weighted by molar-refractivity contribution is 0.199. The van der Waals surface area contributed by atoms with Crippen LogP contribution < -0.4 is 0 Å². The second kappa shape index (κ2) is 4.28. The van der Waals surface area contributed by atoms with E-state index in [0.717, 1.165) is 25.9 Å². The van der Waals surface area contributed by atoms with Crippen LogP contribution in [-0.4, -0.2) is 33.6 Å². The summed E-state index contributed by atoms with van der Waals surface area (Å²) in [6.45, 7) is 6.26. The van der Waals surface area contributed by atoms with Gasteiger partial charge < -0.3 is 4.90 Å². The summed E-state index contributed by atoms with van der Waals surface area (Å²) in [6.07, 6.45) is 8.28. The molecule has 0 saturated carbocycles. The molecular formula is C12H19N3O. The summed E-state index contributed by atoms with van der Waals surface area (Å²) in [6, 6.07) is 0.0511. The van der Waals surface area contributed by atoms with Crippen LogP contribution in [0, 0.1) is 5.41 Å². The van der Waals surface area contributed by atoms with Gasteiger partial charge in [-0.3, -0.25) is 4.57 Å². The zero-order valence-electron chi connectivity index (χ0n) is 10.0. The lowest BCUT2D eigenvalue weighted by atomic mass is 9.85. The Morgan fingerprint density at radius 2 is 2.12 bits per heavy atom. The molecule has 0 unspecified atom stereocenters. The summed E-state index contributed by atoms with van der Waals surface area (Å²) in [5, 5.41) is 0. The summed E-state index contributed by atoms with van der Waals surface area (Å²) in [7, 11) is 0. The van der Waals surface area contributed by atoms with E-state index in [4.69, 9.17) is 0 Å². The molecule has 2 heterocycles. The van der Waals surface area contributed by atoms with Crippen LogP contribution in [0.4, 0.5) is 4.79 Å². The molecule has 1 aromatic heterocycles. The van der Waals surface area contributed by atoms with Gasteiger partial charge in [-0.1, -0.05) is 13.8 Å². The molecule has 0 atom stereocenters. The van der Waals surface area contributed by atoms with Crippen LogP contribution in [0.1, 0.15) is 33.1 Å². The monoisotopic (exact) mass is 221 g/mol. The van der Waals surface area contributed by atoms with Crippen molar-refractivity contribution in [3.8, 4) is 0 Å². The van der Waals surface area contributed by atoms with Gasteiger partial charge in [0, 0.05) is 25.5 Å². The maximum Gasteiger partial charge on any atom is 0.329 e. The third-order valence-electron chi connectivity index (χ3n) is 3.34. The molecular weight excluding hydrogens is 202 g/mol. The van der Waals surface area contributed by atoms with Crippen molar-refractivity contribution in [2.24, 2.45) is 5.41 Å². The molecule has 88 valence electrons. The number of hydrogen-bond acceptors (Lipinski definition) is 2. The van der Waals surface area contributed by atoms with Crippen molar-refractivity contribution >= 4 is 6.03 Å². The highest BCUT2D eigenvalue weighted by Gasteiger charge is 2.25. The zero-order valence-corrected chi connectivity index (χ0v) is 10.0. The van der Waals surface area contributed by atoms with Gasteiger partial charge in [0.25, 0.3) is 0 Å². The highest BCUT2D eigenvalue weighted by Crippen LogP contribution is 2.29. The summed E-state index contributed by atoms with van der Waals surface area (Å²) in [5.41, 5.74) is 0.365. The third-order valence-corrected chi connectivity index (χ3v) is 3.34. The van der Waals surface area contributed by atoms with Gasteiger partial charge in [-0.15, -0.1) is 0 Å². The highest BCUT2D eigenvalue weighted by molar-refractivity contribution is 5.76. The molecule has 1 aliphatic rings. The van der Waals surface area contributed by atoms with E-state index in [1.807, 2.05) is 4.90 Å². The third kappa shape index (κ3) is 2.43. The lowest BCUT2D eigenvalue weighted by Gasteiger charge is -2.23. The molecule has 16 heavy (non-hydrogen) atoms. The maximum atomic E-state index is 12.1. The standard InChI is InChI=1S/C12H19N3O/c1-12(2)4-3-7-14(8-5-12)11(16)15-9-6-13-10-15/h6,9-10H,3-5,7-8H2,1-2H3. The van der Waals surface area contributed by atoms with Gasteiger partial charge in [-0.05, 0) is 24.7 Å². The first-order valence-corrected chi connectivity index (χ1v) is 5.86. The van der Waals surface area contributed by atoms with E-state index in [1.54, 1.807) is 23.3 Å². The molecule has 0 bridgehead atoms. The van der Waals surface area contributed by atoms with Crippen molar-refractivity contribution in [1.29, 1.82) is 0 Å². The van der Waals surface area contributed by atoms with Crippen molar-refractivity contribution in [2.75, 3.05) is 13.1 Å².